The van der Waals surface area contributed by atoms with Gasteiger partial charge in [0.05, 0.1) is 0 Å². The van der Waals surface area contributed by atoms with Crippen LogP contribution in [0.2, 0.25) is 0 Å². The molecule has 1 N–H and O–H groups in total. The fourth-order valence-corrected chi connectivity index (χ4v) is 3.23. The van der Waals surface area contributed by atoms with E-state index in [9.17, 15) is 5.11 Å². The third-order valence-corrected chi connectivity index (χ3v) is 4.21. The Bertz CT molecular complexity index is 1100. The Hall–Kier alpha value is -2.88. The summed E-state index contributed by atoms with van der Waals surface area (Å²) < 4.78 is 11.9. The van der Waals surface area contributed by atoms with Gasteiger partial charge in [0.15, 0.2) is 0 Å². The van der Waals surface area contributed by atoms with Crippen LogP contribution in [-0.4, -0.2) is 13.0 Å². The van der Waals surface area contributed by atoms with Crippen molar-refractivity contribution in [2.75, 3.05) is 0 Å². The molecule has 0 aliphatic carbocycles. The highest BCUT2D eigenvalue weighted by Gasteiger charge is 2.16. The Morgan fingerprint density at radius 1 is 0.682 bits per heavy atom. The van der Waals surface area contributed by atoms with Crippen molar-refractivity contribution in [2.24, 2.45) is 0 Å². The average molecular weight is 286 g/mol. The van der Waals surface area contributed by atoms with Gasteiger partial charge in [-0.2, -0.15) is 0 Å². The Balaban J connectivity index is 2.10. The van der Waals surface area contributed by atoms with Gasteiger partial charge in [-0.1, -0.05) is 17.6 Å². The minimum absolute atomic E-state index is 0.204. The Kier molecular flexibility index (Phi) is 2.06. The molecule has 0 radical (unpaired) electrons. The van der Waals surface area contributed by atoms with Crippen LogP contribution in [0.5, 0.6) is 5.75 Å². The number of aromatic hydroxyl groups is 1. The molecule has 3 nitrogen and oxygen atoms in total. The Morgan fingerprint density at radius 2 is 1.27 bits per heavy atom. The summed E-state index contributed by atoms with van der Waals surface area (Å²) in [4.78, 5) is 0. The number of benzene rings is 3. The molecule has 4 heteroatoms. The van der Waals surface area contributed by atoms with E-state index in [0.717, 1.165) is 38.3 Å². The molecular formula is C18H11BO3. The van der Waals surface area contributed by atoms with Crippen molar-refractivity contribution in [3.05, 3.63) is 48.5 Å². The zero-order valence-corrected chi connectivity index (χ0v) is 11.9. The van der Waals surface area contributed by atoms with Crippen molar-refractivity contribution in [1.29, 1.82) is 0 Å². The van der Waals surface area contributed by atoms with Crippen molar-refractivity contribution in [3.8, 4) is 5.75 Å². The normalized spacial score (nSPS) is 12.0. The predicted octanol–water partition coefficient (Wildman–Crippen LogP) is 3.45. The van der Waals surface area contributed by atoms with Gasteiger partial charge in [-0.25, -0.2) is 0 Å². The summed E-state index contributed by atoms with van der Waals surface area (Å²) in [5.74, 6) is 0.204. The summed E-state index contributed by atoms with van der Waals surface area (Å²) in [5.41, 5.74) is 4.39. The molecule has 5 aromatic rings. The van der Waals surface area contributed by atoms with Crippen molar-refractivity contribution in [1.82, 2.24) is 0 Å². The van der Waals surface area contributed by atoms with E-state index in [1.807, 2.05) is 18.2 Å². The molecular weight excluding hydrogens is 275 g/mol. The van der Waals surface area contributed by atoms with E-state index < -0.39 is 0 Å². The highest BCUT2D eigenvalue weighted by atomic mass is 16.3. The van der Waals surface area contributed by atoms with Crippen LogP contribution in [0.1, 0.15) is 0 Å². The van der Waals surface area contributed by atoms with Crippen LogP contribution >= 0.6 is 0 Å². The van der Waals surface area contributed by atoms with Crippen LogP contribution in [0.25, 0.3) is 43.9 Å². The SMILES string of the molecule is Bc1ccc2c(c1)oc1ccc3oc4cc(O)ccc4c3c12. The standard InChI is InChI=1S/C18H11BO3/c19-9-1-3-11-15(7-9)21-13-5-6-14-18(17(11)13)12-4-2-10(20)8-16(12)22-14/h1-8,20H,19H2. The second-order valence-electron chi connectivity index (χ2n) is 5.70. The van der Waals surface area contributed by atoms with Gasteiger partial charge in [-0.15, -0.1) is 0 Å². The molecule has 0 aliphatic heterocycles. The molecule has 22 heavy (non-hydrogen) atoms. The zero-order valence-electron chi connectivity index (χ0n) is 11.9. The van der Waals surface area contributed by atoms with Crippen molar-refractivity contribution >= 4 is 57.2 Å². The lowest BCUT2D eigenvalue weighted by Gasteiger charge is -1.94. The van der Waals surface area contributed by atoms with Gasteiger partial charge in [-0.3, -0.25) is 0 Å². The third-order valence-electron chi connectivity index (χ3n) is 4.21. The maximum Gasteiger partial charge on any atom is 0.139 e. The molecule has 2 heterocycles. The molecule has 0 unspecified atom stereocenters. The zero-order chi connectivity index (χ0) is 14.8. The lowest BCUT2D eigenvalue weighted by Crippen LogP contribution is -1.98. The quantitative estimate of drug-likeness (QED) is 0.443. The third kappa shape index (κ3) is 1.41. The summed E-state index contributed by atoms with van der Waals surface area (Å²) in [7, 11) is 2.05. The molecule has 0 saturated heterocycles. The molecule has 2 aromatic heterocycles. The van der Waals surface area contributed by atoms with Gasteiger partial charge >= 0.3 is 0 Å². The van der Waals surface area contributed by atoms with Crippen LogP contribution in [0.4, 0.5) is 0 Å². The number of hydrogen-bond acceptors (Lipinski definition) is 3. The van der Waals surface area contributed by atoms with Crippen LogP contribution in [-0.2, 0) is 0 Å². The summed E-state index contributed by atoms with van der Waals surface area (Å²) in [6.45, 7) is 0. The smallest absolute Gasteiger partial charge is 0.139 e. The Morgan fingerprint density at radius 3 is 1.95 bits per heavy atom. The monoisotopic (exact) mass is 286 g/mol. The molecule has 0 spiro atoms. The molecule has 0 atom stereocenters. The predicted molar refractivity (Wildman–Crippen MR) is 90.8 cm³/mol. The minimum Gasteiger partial charge on any atom is -0.508 e. The second kappa shape index (κ2) is 3.86. The fourth-order valence-electron chi connectivity index (χ4n) is 3.23. The van der Waals surface area contributed by atoms with Crippen molar-refractivity contribution in [2.45, 2.75) is 0 Å². The van der Waals surface area contributed by atoms with E-state index in [2.05, 4.69) is 26.0 Å². The molecule has 0 amide bonds. The van der Waals surface area contributed by atoms with Gasteiger partial charge in [0.1, 0.15) is 35.9 Å². The second-order valence-corrected chi connectivity index (χ2v) is 5.70. The molecule has 0 aliphatic rings. The van der Waals surface area contributed by atoms with Crippen LogP contribution in [0.15, 0.2) is 57.4 Å². The maximum atomic E-state index is 9.65. The average Bonchev–Trinajstić information content (AvgIpc) is 3.02. The van der Waals surface area contributed by atoms with Crippen LogP contribution in [0, 0.1) is 0 Å². The van der Waals surface area contributed by atoms with E-state index in [4.69, 9.17) is 8.83 Å². The number of hydrogen-bond donors (Lipinski definition) is 1. The van der Waals surface area contributed by atoms with Gasteiger partial charge in [-0.05, 0) is 30.3 Å². The molecule has 104 valence electrons. The number of rotatable bonds is 0. The summed E-state index contributed by atoms with van der Waals surface area (Å²) in [5, 5.41) is 13.8. The molecule has 0 saturated carbocycles. The first-order chi connectivity index (χ1) is 10.7. The highest BCUT2D eigenvalue weighted by molar-refractivity contribution is 6.34. The largest absolute Gasteiger partial charge is 0.508 e. The van der Waals surface area contributed by atoms with Gasteiger partial charge in [0.2, 0.25) is 0 Å². The first kappa shape index (κ1) is 11.7. The van der Waals surface area contributed by atoms with Crippen LogP contribution in [0.3, 0.4) is 0 Å². The highest BCUT2D eigenvalue weighted by Crippen LogP contribution is 2.40. The van der Waals surface area contributed by atoms with Crippen molar-refractivity contribution in [3.63, 3.8) is 0 Å². The minimum atomic E-state index is 0.204. The van der Waals surface area contributed by atoms with Gasteiger partial charge in [0.25, 0.3) is 0 Å². The lowest BCUT2D eigenvalue weighted by atomic mass is 9.95. The number of phenolic OH excluding ortho intramolecular Hbond substituents is 1. The van der Waals surface area contributed by atoms with Crippen LogP contribution < -0.4 is 5.46 Å². The van der Waals surface area contributed by atoms with E-state index in [1.165, 1.54) is 5.46 Å². The molecule has 5 rings (SSSR count). The van der Waals surface area contributed by atoms with E-state index in [1.54, 1.807) is 12.1 Å². The fraction of sp³-hybridized carbons (Fsp3) is 0. The molecule has 0 bridgehead atoms. The number of furan rings is 2. The Labute approximate surface area is 126 Å². The number of phenols is 1. The lowest BCUT2D eigenvalue weighted by molar-refractivity contribution is 0.475. The molecule has 0 fully saturated rings. The van der Waals surface area contributed by atoms with E-state index >= 15 is 0 Å². The maximum absolute atomic E-state index is 9.65. The first-order valence-electron chi connectivity index (χ1n) is 7.18. The summed E-state index contributed by atoms with van der Waals surface area (Å²) in [6, 6.07) is 15.3. The van der Waals surface area contributed by atoms with Gasteiger partial charge < -0.3 is 13.9 Å². The molecule has 3 aromatic carbocycles. The van der Waals surface area contributed by atoms with E-state index in [-0.39, 0.29) is 5.75 Å². The first-order valence-corrected chi connectivity index (χ1v) is 7.18. The topological polar surface area (TPSA) is 46.5 Å². The van der Waals surface area contributed by atoms with Crippen molar-refractivity contribution < 1.29 is 13.9 Å². The van der Waals surface area contributed by atoms with Gasteiger partial charge in [0, 0.05) is 27.6 Å². The van der Waals surface area contributed by atoms with E-state index in [0.29, 0.717) is 5.58 Å². The number of fused-ring (bicyclic) bond motifs is 7. The summed E-state index contributed by atoms with van der Waals surface area (Å²) in [6.07, 6.45) is 0. The summed E-state index contributed by atoms with van der Waals surface area (Å²) >= 11 is 0.